The second-order valence-corrected chi connectivity index (χ2v) is 7.40. The van der Waals surface area contributed by atoms with Crippen LogP contribution in [0.5, 0.6) is 0 Å². The minimum absolute atomic E-state index is 0.738. The van der Waals surface area contributed by atoms with Gasteiger partial charge in [-0.25, -0.2) is 14.5 Å². The lowest BCUT2D eigenvalue weighted by molar-refractivity contribution is 0.291. The van der Waals surface area contributed by atoms with E-state index in [1.807, 2.05) is 0 Å². The van der Waals surface area contributed by atoms with Crippen LogP contribution in [0.3, 0.4) is 0 Å². The molecule has 6 nitrogen and oxygen atoms in total. The molecule has 1 aromatic carbocycles. The molecule has 4 rings (SSSR count). The fourth-order valence-corrected chi connectivity index (χ4v) is 3.81. The fraction of sp³-hybridized carbons (Fsp3) is 0.409. The largest absolute Gasteiger partial charge is 0.328 e. The lowest BCUT2D eigenvalue weighted by Crippen LogP contribution is -2.27. The van der Waals surface area contributed by atoms with Gasteiger partial charge in [-0.15, -0.1) is 5.10 Å². The molecular formula is C22H28N6. The van der Waals surface area contributed by atoms with Crippen molar-refractivity contribution < 1.29 is 0 Å². The third-order valence-electron chi connectivity index (χ3n) is 5.79. The van der Waals surface area contributed by atoms with Crippen LogP contribution in [-0.2, 0) is 6.54 Å². The number of aromatic nitrogens is 5. The monoisotopic (exact) mass is 376 g/mol. The van der Waals surface area contributed by atoms with Crippen molar-refractivity contribution in [2.24, 2.45) is 0 Å². The van der Waals surface area contributed by atoms with Crippen LogP contribution in [0.25, 0.3) is 28.1 Å². The first-order valence-electron chi connectivity index (χ1n) is 10.0. The van der Waals surface area contributed by atoms with E-state index in [1.165, 1.54) is 16.8 Å². The SMILES string of the molecule is CCN(CC)CCn1c(C)c(C)c2c1ncn1nc(-c3ccc(C)cc3)nc21. The molecule has 0 atom stereocenters. The summed E-state index contributed by atoms with van der Waals surface area (Å²) in [7, 11) is 0. The summed E-state index contributed by atoms with van der Waals surface area (Å²) < 4.78 is 4.13. The molecule has 146 valence electrons. The summed E-state index contributed by atoms with van der Waals surface area (Å²) in [6.07, 6.45) is 1.79. The van der Waals surface area contributed by atoms with Gasteiger partial charge in [-0.05, 0) is 39.4 Å². The Morgan fingerprint density at radius 3 is 2.36 bits per heavy atom. The maximum Gasteiger partial charge on any atom is 0.182 e. The molecular weight excluding hydrogens is 348 g/mol. The molecule has 0 radical (unpaired) electrons. The number of aryl methyl sites for hydroxylation is 2. The van der Waals surface area contributed by atoms with Crippen LogP contribution in [0.15, 0.2) is 30.6 Å². The quantitative estimate of drug-likeness (QED) is 0.510. The normalized spacial score (nSPS) is 11.9. The van der Waals surface area contributed by atoms with Gasteiger partial charge in [0.1, 0.15) is 12.0 Å². The Bertz CT molecular complexity index is 1120. The molecule has 6 heteroatoms. The Morgan fingerprint density at radius 2 is 1.68 bits per heavy atom. The van der Waals surface area contributed by atoms with Crippen LogP contribution in [0.1, 0.15) is 30.7 Å². The molecule has 3 aromatic heterocycles. The minimum atomic E-state index is 0.738. The van der Waals surface area contributed by atoms with Gasteiger partial charge in [0.25, 0.3) is 0 Å². The topological polar surface area (TPSA) is 51.2 Å². The molecule has 28 heavy (non-hydrogen) atoms. The number of fused-ring (bicyclic) bond motifs is 3. The summed E-state index contributed by atoms with van der Waals surface area (Å²) in [4.78, 5) is 12.1. The van der Waals surface area contributed by atoms with E-state index in [9.17, 15) is 0 Å². The van der Waals surface area contributed by atoms with E-state index < -0.39 is 0 Å². The highest BCUT2D eigenvalue weighted by molar-refractivity contribution is 5.94. The van der Waals surface area contributed by atoms with Crippen molar-refractivity contribution in [3.05, 3.63) is 47.4 Å². The van der Waals surface area contributed by atoms with Gasteiger partial charge in [-0.2, -0.15) is 0 Å². The van der Waals surface area contributed by atoms with Crippen LogP contribution in [0, 0.1) is 20.8 Å². The third kappa shape index (κ3) is 3.07. The molecule has 0 aliphatic heterocycles. The Balaban J connectivity index is 1.81. The first-order chi connectivity index (χ1) is 13.5. The molecule has 0 unspecified atom stereocenters. The van der Waals surface area contributed by atoms with Crippen molar-refractivity contribution in [2.45, 2.75) is 41.2 Å². The maximum absolute atomic E-state index is 4.87. The van der Waals surface area contributed by atoms with Gasteiger partial charge in [-0.3, -0.25) is 0 Å². The standard InChI is InChI=1S/C22H28N6/c1-6-26(7-2)12-13-27-17(5)16(4)19-21(27)23-14-28-22(19)24-20(25-28)18-10-8-15(3)9-11-18/h8-11,14H,6-7,12-13H2,1-5H3. The summed E-state index contributed by atoms with van der Waals surface area (Å²) in [6, 6.07) is 8.33. The van der Waals surface area contributed by atoms with Crippen molar-refractivity contribution in [3.8, 4) is 11.4 Å². The number of hydrogen-bond acceptors (Lipinski definition) is 4. The van der Waals surface area contributed by atoms with E-state index in [2.05, 4.69) is 73.4 Å². The summed E-state index contributed by atoms with van der Waals surface area (Å²) in [5, 5.41) is 5.77. The van der Waals surface area contributed by atoms with Crippen molar-refractivity contribution in [1.29, 1.82) is 0 Å². The van der Waals surface area contributed by atoms with Crippen molar-refractivity contribution in [1.82, 2.24) is 29.0 Å². The molecule has 0 aliphatic carbocycles. The zero-order chi connectivity index (χ0) is 19.8. The van der Waals surface area contributed by atoms with Crippen LogP contribution < -0.4 is 0 Å². The molecule has 3 heterocycles. The highest BCUT2D eigenvalue weighted by Gasteiger charge is 2.18. The van der Waals surface area contributed by atoms with Crippen LogP contribution in [-0.4, -0.2) is 48.7 Å². The van der Waals surface area contributed by atoms with Gasteiger partial charge in [0, 0.05) is 24.3 Å². The number of likely N-dealkylation sites (N-methyl/N-ethyl adjacent to an activating group) is 1. The molecule has 0 saturated heterocycles. The van der Waals surface area contributed by atoms with E-state index in [1.54, 1.807) is 10.8 Å². The average molecular weight is 377 g/mol. The molecule has 0 amide bonds. The highest BCUT2D eigenvalue weighted by Crippen LogP contribution is 2.28. The van der Waals surface area contributed by atoms with Gasteiger partial charge >= 0.3 is 0 Å². The van der Waals surface area contributed by atoms with Crippen molar-refractivity contribution in [3.63, 3.8) is 0 Å². The number of hydrogen-bond donors (Lipinski definition) is 0. The summed E-state index contributed by atoms with van der Waals surface area (Å²) in [5.74, 6) is 0.738. The lowest BCUT2D eigenvalue weighted by atomic mass is 10.1. The second kappa shape index (κ2) is 7.36. The molecule has 0 saturated carbocycles. The molecule has 0 spiro atoms. The van der Waals surface area contributed by atoms with Gasteiger partial charge in [0.15, 0.2) is 11.5 Å². The van der Waals surface area contributed by atoms with Gasteiger partial charge < -0.3 is 9.47 Å². The first-order valence-corrected chi connectivity index (χ1v) is 10.0. The molecule has 0 N–H and O–H groups in total. The Morgan fingerprint density at radius 1 is 0.964 bits per heavy atom. The minimum Gasteiger partial charge on any atom is -0.328 e. The fourth-order valence-electron chi connectivity index (χ4n) is 3.81. The van der Waals surface area contributed by atoms with Crippen LogP contribution in [0.2, 0.25) is 0 Å². The Kier molecular flexibility index (Phi) is 4.89. The highest BCUT2D eigenvalue weighted by atomic mass is 15.3. The van der Waals surface area contributed by atoms with Gasteiger partial charge in [0.05, 0.1) is 5.39 Å². The maximum atomic E-state index is 4.87. The lowest BCUT2D eigenvalue weighted by Gasteiger charge is -2.19. The van der Waals surface area contributed by atoms with E-state index in [0.717, 1.165) is 54.2 Å². The van der Waals surface area contributed by atoms with Crippen LogP contribution in [0.4, 0.5) is 0 Å². The van der Waals surface area contributed by atoms with E-state index in [-0.39, 0.29) is 0 Å². The number of rotatable bonds is 6. The third-order valence-corrected chi connectivity index (χ3v) is 5.79. The van der Waals surface area contributed by atoms with E-state index in [4.69, 9.17) is 9.97 Å². The summed E-state index contributed by atoms with van der Waals surface area (Å²) in [5.41, 5.74) is 6.62. The van der Waals surface area contributed by atoms with E-state index >= 15 is 0 Å². The van der Waals surface area contributed by atoms with Crippen molar-refractivity contribution in [2.75, 3.05) is 19.6 Å². The van der Waals surface area contributed by atoms with Crippen LogP contribution >= 0.6 is 0 Å². The summed E-state index contributed by atoms with van der Waals surface area (Å²) >= 11 is 0. The molecule has 4 aromatic rings. The predicted molar refractivity (Wildman–Crippen MR) is 114 cm³/mol. The second-order valence-electron chi connectivity index (χ2n) is 7.40. The van der Waals surface area contributed by atoms with Gasteiger partial charge in [0.2, 0.25) is 0 Å². The zero-order valence-electron chi connectivity index (χ0n) is 17.4. The number of benzene rings is 1. The average Bonchev–Trinajstić information content (AvgIpc) is 3.23. The predicted octanol–water partition coefficient (Wildman–Crippen LogP) is 4.01. The Labute approximate surface area is 165 Å². The molecule has 0 aliphatic rings. The van der Waals surface area contributed by atoms with Crippen molar-refractivity contribution >= 4 is 16.7 Å². The number of nitrogens with zero attached hydrogens (tertiary/aromatic N) is 6. The summed E-state index contributed by atoms with van der Waals surface area (Å²) in [6.45, 7) is 14.9. The molecule has 0 fully saturated rings. The molecule has 0 bridgehead atoms. The smallest absolute Gasteiger partial charge is 0.182 e. The van der Waals surface area contributed by atoms with E-state index in [0.29, 0.717) is 0 Å². The first kappa shape index (κ1) is 18.6. The Hall–Kier alpha value is -2.73. The van der Waals surface area contributed by atoms with Gasteiger partial charge in [-0.1, -0.05) is 43.7 Å². The zero-order valence-corrected chi connectivity index (χ0v) is 17.4.